The summed E-state index contributed by atoms with van der Waals surface area (Å²) in [4.78, 5) is 4.41. The second kappa shape index (κ2) is 6.87. The Morgan fingerprint density at radius 3 is 2.76 bits per heavy atom. The molecule has 0 aliphatic rings. The Morgan fingerprint density at radius 2 is 2.14 bits per heavy atom. The summed E-state index contributed by atoms with van der Waals surface area (Å²) in [6.07, 6.45) is 1.71. The first kappa shape index (κ1) is 15.0. The second-order valence-electron chi connectivity index (χ2n) is 4.89. The van der Waals surface area contributed by atoms with Crippen molar-refractivity contribution in [3.63, 3.8) is 0 Å². The standard InChI is InChI=1S/C17H19N3O/c1-4-19-13(3)16-8-7-15(11-20-16)21-17-9-14(10-18)6-5-12(17)2/h5-9,11,13,19H,4H2,1-3H3. The third-order valence-corrected chi connectivity index (χ3v) is 3.26. The Balaban J connectivity index is 2.15. The Morgan fingerprint density at radius 1 is 1.33 bits per heavy atom. The number of aromatic nitrogens is 1. The lowest BCUT2D eigenvalue weighted by Crippen LogP contribution is -2.18. The summed E-state index contributed by atoms with van der Waals surface area (Å²) in [7, 11) is 0. The van der Waals surface area contributed by atoms with Gasteiger partial charge in [-0.2, -0.15) is 5.26 Å². The molecule has 0 fully saturated rings. The molecule has 1 atom stereocenters. The van der Waals surface area contributed by atoms with E-state index in [-0.39, 0.29) is 6.04 Å². The monoisotopic (exact) mass is 281 g/mol. The summed E-state index contributed by atoms with van der Waals surface area (Å²) in [5.41, 5.74) is 2.55. The van der Waals surface area contributed by atoms with Gasteiger partial charge in [0, 0.05) is 6.04 Å². The molecule has 0 saturated carbocycles. The predicted molar refractivity (Wildman–Crippen MR) is 82.3 cm³/mol. The third kappa shape index (κ3) is 3.80. The fraction of sp³-hybridized carbons (Fsp3) is 0.294. The van der Waals surface area contributed by atoms with Gasteiger partial charge in [0.1, 0.15) is 11.5 Å². The maximum atomic E-state index is 8.94. The first-order valence-corrected chi connectivity index (χ1v) is 7.02. The van der Waals surface area contributed by atoms with Crippen LogP contribution in [0.4, 0.5) is 0 Å². The van der Waals surface area contributed by atoms with E-state index in [4.69, 9.17) is 10.00 Å². The molecule has 2 aromatic rings. The minimum absolute atomic E-state index is 0.215. The van der Waals surface area contributed by atoms with Crippen molar-refractivity contribution < 1.29 is 4.74 Å². The van der Waals surface area contributed by atoms with E-state index in [1.165, 1.54) is 0 Å². The molecular formula is C17H19N3O. The summed E-state index contributed by atoms with van der Waals surface area (Å²) in [5.74, 6) is 1.35. The number of ether oxygens (including phenoxy) is 1. The van der Waals surface area contributed by atoms with Gasteiger partial charge in [0.05, 0.1) is 23.5 Å². The zero-order valence-electron chi connectivity index (χ0n) is 12.6. The van der Waals surface area contributed by atoms with E-state index in [0.717, 1.165) is 17.8 Å². The minimum atomic E-state index is 0.215. The number of rotatable bonds is 5. The molecule has 21 heavy (non-hydrogen) atoms. The molecule has 0 saturated heterocycles. The summed E-state index contributed by atoms with van der Waals surface area (Å²) < 4.78 is 5.81. The lowest BCUT2D eigenvalue weighted by Gasteiger charge is -2.13. The molecule has 1 aromatic carbocycles. The number of benzene rings is 1. The van der Waals surface area contributed by atoms with Crippen LogP contribution < -0.4 is 10.1 Å². The van der Waals surface area contributed by atoms with Gasteiger partial charge < -0.3 is 10.1 Å². The van der Waals surface area contributed by atoms with Crippen LogP contribution in [-0.4, -0.2) is 11.5 Å². The van der Waals surface area contributed by atoms with E-state index in [9.17, 15) is 0 Å². The number of pyridine rings is 1. The molecule has 0 aliphatic heterocycles. The maximum absolute atomic E-state index is 8.94. The van der Waals surface area contributed by atoms with Gasteiger partial charge in [-0.25, -0.2) is 0 Å². The predicted octanol–water partition coefficient (Wildman–Crippen LogP) is 3.72. The SMILES string of the molecule is CCNC(C)c1ccc(Oc2cc(C#N)ccc2C)cn1. The number of hydrogen-bond donors (Lipinski definition) is 1. The molecule has 4 heteroatoms. The largest absolute Gasteiger partial charge is 0.455 e. The summed E-state index contributed by atoms with van der Waals surface area (Å²) in [5, 5.41) is 12.3. The molecule has 2 rings (SSSR count). The van der Waals surface area contributed by atoms with Crippen molar-refractivity contribution in [2.45, 2.75) is 26.8 Å². The van der Waals surface area contributed by atoms with Gasteiger partial charge in [-0.3, -0.25) is 4.98 Å². The van der Waals surface area contributed by atoms with Gasteiger partial charge in [0.25, 0.3) is 0 Å². The van der Waals surface area contributed by atoms with Crippen LogP contribution >= 0.6 is 0 Å². The van der Waals surface area contributed by atoms with Gasteiger partial charge in [-0.15, -0.1) is 0 Å². The van der Waals surface area contributed by atoms with Crippen molar-refractivity contribution in [1.29, 1.82) is 5.26 Å². The summed E-state index contributed by atoms with van der Waals surface area (Å²) in [6, 6.07) is 11.6. The lowest BCUT2D eigenvalue weighted by molar-refractivity contribution is 0.474. The molecule has 0 radical (unpaired) electrons. The molecule has 1 unspecified atom stereocenters. The topological polar surface area (TPSA) is 57.9 Å². The third-order valence-electron chi connectivity index (χ3n) is 3.26. The smallest absolute Gasteiger partial charge is 0.145 e. The highest BCUT2D eigenvalue weighted by Gasteiger charge is 2.07. The molecular weight excluding hydrogens is 262 g/mol. The van der Waals surface area contributed by atoms with Crippen molar-refractivity contribution in [3.05, 3.63) is 53.3 Å². The zero-order valence-corrected chi connectivity index (χ0v) is 12.6. The average molecular weight is 281 g/mol. The van der Waals surface area contributed by atoms with Crippen LogP contribution in [0.2, 0.25) is 0 Å². The molecule has 1 heterocycles. The molecule has 1 N–H and O–H groups in total. The molecule has 1 aromatic heterocycles. The fourth-order valence-electron chi connectivity index (χ4n) is 2.03. The molecule has 0 bridgehead atoms. The van der Waals surface area contributed by atoms with Crippen LogP contribution in [0, 0.1) is 18.3 Å². The fourth-order valence-corrected chi connectivity index (χ4v) is 2.03. The van der Waals surface area contributed by atoms with Crippen molar-refractivity contribution >= 4 is 0 Å². The van der Waals surface area contributed by atoms with Crippen LogP contribution in [0.3, 0.4) is 0 Å². The van der Waals surface area contributed by atoms with Crippen molar-refractivity contribution in [2.75, 3.05) is 6.54 Å². The number of nitrogens with one attached hydrogen (secondary N) is 1. The molecule has 0 aliphatic carbocycles. The van der Waals surface area contributed by atoms with Gasteiger partial charge in [0.15, 0.2) is 0 Å². The summed E-state index contributed by atoms with van der Waals surface area (Å²) >= 11 is 0. The second-order valence-corrected chi connectivity index (χ2v) is 4.89. The van der Waals surface area contributed by atoms with Crippen molar-refractivity contribution in [2.24, 2.45) is 0 Å². The Bertz CT molecular complexity index is 644. The van der Waals surface area contributed by atoms with E-state index >= 15 is 0 Å². The van der Waals surface area contributed by atoms with Crippen LogP contribution in [0.15, 0.2) is 36.5 Å². The highest BCUT2D eigenvalue weighted by Crippen LogP contribution is 2.26. The van der Waals surface area contributed by atoms with Crippen molar-refractivity contribution in [1.82, 2.24) is 10.3 Å². The van der Waals surface area contributed by atoms with E-state index in [1.807, 2.05) is 25.1 Å². The van der Waals surface area contributed by atoms with Gasteiger partial charge >= 0.3 is 0 Å². The summed E-state index contributed by atoms with van der Waals surface area (Å²) in [6.45, 7) is 7.00. The van der Waals surface area contributed by atoms with Crippen LogP contribution in [0.1, 0.15) is 36.7 Å². The van der Waals surface area contributed by atoms with E-state index < -0.39 is 0 Å². The maximum Gasteiger partial charge on any atom is 0.145 e. The first-order valence-electron chi connectivity index (χ1n) is 7.02. The van der Waals surface area contributed by atoms with Gasteiger partial charge in [-0.05, 0) is 50.2 Å². The van der Waals surface area contributed by atoms with Crippen LogP contribution in [0.5, 0.6) is 11.5 Å². The van der Waals surface area contributed by atoms with Crippen LogP contribution in [0.25, 0.3) is 0 Å². The van der Waals surface area contributed by atoms with Gasteiger partial charge in [-0.1, -0.05) is 13.0 Å². The number of aryl methyl sites for hydroxylation is 1. The van der Waals surface area contributed by atoms with E-state index in [0.29, 0.717) is 17.1 Å². The average Bonchev–Trinajstić information content (AvgIpc) is 2.50. The molecule has 0 spiro atoms. The Hall–Kier alpha value is -2.38. The van der Waals surface area contributed by atoms with Gasteiger partial charge in [0.2, 0.25) is 0 Å². The van der Waals surface area contributed by atoms with Crippen molar-refractivity contribution in [3.8, 4) is 17.6 Å². The highest BCUT2D eigenvalue weighted by molar-refractivity contribution is 5.43. The van der Waals surface area contributed by atoms with E-state index in [1.54, 1.807) is 18.3 Å². The Kier molecular flexibility index (Phi) is 4.91. The molecule has 4 nitrogen and oxygen atoms in total. The number of nitriles is 1. The molecule has 0 amide bonds. The number of nitrogens with zero attached hydrogens (tertiary/aromatic N) is 2. The highest BCUT2D eigenvalue weighted by atomic mass is 16.5. The minimum Gasteiger partial charge on any atom is -0.455 e. The molecule has 108 valence electrons. The van der Waals surface area contributed by atoms with E-state index in [2.05, 4.69) is 30.2 Å². The quantitative estimate of drug-likeness (QED) is 0.907. The Labute approximate surface area is 125 Å². The number of hydrogen-bond acceptors (Lipinski definition) is 4. The van der Waals surface area contributed by atoms with Crippen LogP contribution in [-0.2, 0) is 0 Å². The lowest BCUT2D eigenvalue weighted by atomic mass is 10.1. The zero-order chi connectivity index (χ0) is 15.2. The first-order chi connectivity index (χ1) is 10.1. The normalized spacial score (nSPS) is 11.7.